The molecule has 6 nitrogen and oxygen atoms in total. The van der Waals surface area contributed by atoms with Crippen molar-refractivity contribution < 1.29 is 9.84 Å². The third kappa shape index (κ3) is 5.46. The van der Waals surface area contributed by atoms with Crippen molar-refractivity contribution in [1.82, 2.24) is 9.97 Å². The van der Waals surface area contributed by atoms with E-state index in [1.807, 2.05) is 25.1 Å². The lowest BCUT2D eigenvalue weighted by atomic mass is 10.4. The Morgan fingerprint density at radius 2 is 2.24 bits per heavy atom. The first-order valence-electron chi connectivity index (χ1n) is 5.67. The maximum Gasteiger partial charge on any atom is 0.226 e. The third-order valence-electron chi connectivity index (χ3n) is 2.05. The first-order chi connectivity index (χ1) is 8.24. The van der Waals surface area contributed by atoms with Crippen molar-refractivity contribution in [2.24, 2.45) is 0 Å². The Balaban J connectivity index is 2.24. The molecule has 0 aliphatic carbocycles. The average molecular weight is 240 g/mol. The second kappa shape index (κ2) is 7.81. The van der Waals surface area contributed by atoms with Gasteiger partial charge in [0.25, 0.3) is 0 Å². The van der Waals surface area contributed by atoms with Gasteiger partial charge >= 0.3 is 0 Å². The zero-order valence-electron chi connectivity index (χ0n) is 10.4. The van der Waals surface area contributed by atoms with Crippen LogP contribution in [0, 0.1) is 0 Å². The standard InChI is InChI=1S/C11H20N4O2/c1-15(2)11-13-6-4-10(14-11)12-5-3-8-17-9-7-16/h4,6,16H,3,5,7-9H2,1-2H3,(H,12,13,14). The van der Waals surface area contributed by atoms with E-state index in [9.17, 15) is 0 Å². The van der Waals surface area contributed by atoms with Crippen LogP contribution in [0.1, 0.15) is 6.42 Å². The van der Waals surface area contributed by atoms with Crippen LogP contribution in [-0.2, 0) is 4.74 Å². The SMILES string of the molecule is CN(C)c1nccc(NCCCOCCO)n1. The normalized spacial score (nSPS) is 10.3. The van der Waals surface area contributed by atoms with Crippen LogP contribution in [0.15, 0.2) is 12.3 Å². The minimum absolute atomic E-state index is 0.0749. The molecular weight excluding hydrogens is 220 g/mol. The van der Waals surface area contributed by atoms with E-state index in [0.717, 1.165) is 18.8 Å². The van der Waals surface area contributed by atoms with Crippen LogP contribution in [0.3, 0.4) is 0 Å². The molecule has 0 radical (unpaired) electrons. The minimum atomic E-state index is 0.0749. The largest absolute Gasteiger partial charge is 0.394 e. The van der Waals surface area contributed by atoms with E-state index in [2.05, 4.69) is 15.3 Å². The minimum Gasteiger partial charge on any atom is -0.394 e. The van der Waals surface area contributed by atoms with Gasteiger partial charge in [-0.05, 0) is 12.5 Å². The van der Waals surface area contributed by atoms with Crippen molar-refractivity contribution >= 4 is 11.8 Å². The number of aliphatic hydroxyl groups excluding tert-OH is 1. The number of nitrogens with zero attached hydrogens (tertiary/aromatic N) is 3. The smallest absolute Gasteiger partial charge is 0.226 e. The number of rotatable bonds is 8. The lowest BCUT2D eigenvalue weighted by Gasteiger charge is -2.11. The average Bonchev–Trinajstić information content (AvgIpc) is 2.34. The fourth-order valence-corrected chi connectivity index (χ4v) is 1.22. The van der Waals surface area contributed by atoms with Gasteiger partial charge in [0.2, 0.25) is 5.95 Å². The van der Waals surface area contributed by atoms with Gasteiger partial charge in [0, 0.05) is 33.4 Å². The molecule has 1 aromatic rings. The summed E-state index contributed by atoms with van der Waals surface area (Å²) in [6, 6.07) is 1.83. The number of anilines is 2. The van der Waals surface area contributed by atoms with Gasteiger partial charge in [-0.25, -0.2) is 4.98 Å². The van der Waals surface area contributed by atoms with Gasteiger partial charge in [0.1, 0.15) is 5.82 Å². The highest BCUT2D eigenvalue weighted by molar-refractivity contribution is 5.40. The highest BCUT2D eigenvalue weighted by Crippen LogP contribution is 2.07. The first-order valence-corrected chi connectivity index (χ1v) is 5.67. The van der Waals surface area contributed by atoms with Crippen molar-refractivity contribution in [1.29, 1.82) is 0 Å². The first kappa shape index (κ1) is 13.7. The number of aromatic nitrogens is 2. The van der Waals surface area contributed by atoms with Crippen LogP contribution in [0.4, 0.5) is 11.8 Å². The molecule has 0 saturated heterocycles. The number of nitrogens with one attached hydrogen (secondary N) is 1. The van der Waals surface area contributed by atoms with E-state index >= 15 is 0 Å². The van der Waals surface area contributed by atoms with Crippen molar-refractivity contribution in [3.8, 4) is 0 Å². The van der Waals surface area contributed by atoms with Gasteiger partial charge in [-0.2, -0.15) is 4.98 Å². The zero-order valence-corrected chi connectivity index (χ0v) is 10.4. The van der Waals surface area contributed by atoms with Crippen LogP contribution in [0.2, 0.25) is 0 Å². The van der Waals surface area contributed by atoms with E-state index in [0.29, 0.717) is 19.2 Å². The molecule has 0 unspecified atom stereocenters. The molecule has 0 atom stereocenters. The van der Waals surface area contributed by atoms with Crippen LogP contribution in [-0.4, -0.2) is 55.5 Å². The van der Waals surface area contributed by atoms with Crippen molar-refractivity contribution in [3.63, 3.8) is 0 Å². The highest BCUT2D eigenvalue weighted by atomic mass is 16.5. The summed E-state index contributed by atoms with van der Waals surface area (Å²) in [4.78, 5) is 10.3. The molecule has 2 N–H and O–H groups in total. The fraction of sp³-hybridized carbons (Fsp3) is 0.636. The zero-order chi connectivity index (χ0) is 12.5. The molecule has 0 bridgehead atoms. The maximum atomic E-state index is 8.52. The van der Waals surface area contributed by atoms with Crippen molar-refractivity contribution in [2.75, 3.05) is 50.7 Å². The summed E-state index contributed by atoms with van der Waals surface area (Å²) in [6.45, 7) is 1.90. The topological polar surface area (TPSA) is 70.5 Å². The number of ether oxygens (including phenoxy) is 1. The summed E-state index contributed by atoms with van der Waals surface area (Å²) in [5.74, 6) is 1.50. The van der Waals surface area contributed by atoms with E-state index in [1.54, 1.807) is 6.20 Å². The summed E-state index contributed by atoms with van der Waals surface area (Å²) in [5.41, 5.74) is 0. The molecule has 0 saturated carbocycles. The quantitative estimate of drug-likeness (QED) is 0.639. The number of aliphatic hydroxyl groups is 1. The summed E-state index contributed by atoms with van der Waals surface area (Å²) in [7, 11) is 3.81. The van der Waals surface area contributed by atoms with Gasteiger partial charge in [0.05, 0.1) is 13.2 Å². The van der Waals surface area contributed by atoms with Gasteiger partial charge < -0.3 is 20.1 Å². The molecule has 1 heterocycles. The maximum absolute atomic E-state index is 8.52. The van der Waals surface area contributed by atoms with Crippen LogP contribution in [0.25, 0.3) is 0 Å². The number of hydrogen-bond acceptors (Lipinski definition) is 6. The van der Waals surface area contributed by atoms with Gasteiger partial charge in [0.15, 0.2) is 0 Å². The second-order valence-electron chi connectivity index (χ2n) is 3.75. The van der Waals surface area contributed by atoms with E-state index in [1.165, 1.54) is 0 Å². The molecule has 17 heavy (non-hydrogen) atoms. The molecule has 0 fully saturated rings. The Kier molecular flexibility index (Phi) is 6.27. The Hall–Kier alpha value is -1.40. The Morgan fingerprint density at radius 1 is 1.41 bits per heavy atom. The van der Waals surface area contributed by atoms with Crippen molar-refractivity contribution in [2.45, 2.75) is 6.42 Å². The summed E-state index contributed by atoms with van der Waals surface area (Å²) >= 11 is 0. The molecular formula is C11H20N4O2. The predicted molar refractivity (Wildman–Crippen MR) is 67.4 cm³/mol. The Bertz CT molecular complexity index is 320. The third-order valence-corrected chi connectivity index (χ3v) is 2.05. The molecule has 0 amide bonds. The van der Waals surface area contributed by atoms with Crippen LogP contribution < -0.4 is 10.2 Å². The van der Waals surface area contributed by atoms with Crippen LogP contribution >= 0.6 is 0 Å². The second-order valence-corrected chi connectivity index (χ2v) is 3.75. The monoisotopic (exact) mass is 240 g/mol. The molecule has 0 aliphatic heterocycles. The van der Waals surface area contributed by atoms with Gasteiger partial charge in [-0.1, -0.05) is 0 Å². The molecule has 0 aliphatic rings. The lowest BCUT2D eigenvalue weighted by Crippen LogP contribution is -2.14. The van der Waals surface area contributed by atoms with E-state index in [4.69, 9.17) is 9.84 Å². The van der Waals surface area contributed by atoms with Crippen molar-refractivity contribution in [3.05, 3.63) is 12.3 Å². The van der Waals surface area contributed by atoms with Crippen LogP contribution in [0.5, 0.6) is 0 Å². The number of hydrogen-bond donors (Lipinski definition) is 2. The Morgan fingerprint density at radius 3 is 2.94 bits per heavy atom. The summed E-state index contributed by atoms with van der Waals surface area (Å²) < 4.78 is 5.15. The molecule has 0 aromatic carbocycles. The highest BCUT2D eigenvalue weighted by Gasteiger charge is 1.99. The predicted octanol–water partition coefficient (Wildman–Crippen LogP) is 0.353. The van der Waals surface area contributed by atoms with E-state index < -0.39 is 0 Å². The molecule has 6 heteroatoms. The molecule has 1 aromatic heterocycles. The molecule has 1 rings (SSSR count). The molecule has 0 spiro atoms. The summed E-state index contributed by atoms with van der Waals surface area (Å²) in [6.07, 6.45) is 2.61. The fourth-order valence-electron chi connectivity index (χ4n) is 1.22. The van der Waals surface area contributed by atoms with Gasteiger partial charge in [-0.3, -0.25) is 0 Å². The lowest BCUT2D eigenvalue weighted by molar-refractivity contribution is 0.0922. The summed E-state index contributed by atoms with van der Waals surface area (Å²) in [5, 5.41) is 11.7. The molecule has 96 valence electrons. The van der Waals surface area contributed by atoms with E-state index in [-0.39, 0.29) is 6.61 Å². The van der Waals surface area contributed by atoms with Gasteiger partial charge in [-0.15, -0.1) is 0 Å². The Labute approximate surface area is 102 Å².